The van der Waals surface area contributed by atoms with Crippen LogP contribution in [-0.4, -0.2) is 55.6 Å². The molecule has 0 spiro atoms. The maximum absolute atomic E-state index is 6.21. The third-order valence-electron chi connectivity index (χ3n) is 5.68. The van der Waals surface area contributed by atoms with E-state index in [9.17, 15) is 0 Å². The van der Waals surface area contributed by atoms with Crippen molar-refractivity contribution in [3.8, 4) is 0 Å². The second-order valence-electron chi connectivity index (χ2n) is 6.74. The molecule has 4 bridgehead atoms. The molecule has 4 aliphatic rings. The molecule has 4 saturated heterocycles. The van der Waals surface area contributed by atoms with E-state index in [1.165, 1.54) is 44.8 Å². The molecule has 0 saturated carbocycles. The number of benzene rings is 1. The van der Waals surface area contributed by atoms with Crippen LogP contribution < -0.4 is 5.73 Å². The Kier molecular flexibility index (Phi) is 3.18. The van der Waals surface area contributed by atoms with Crippen LogP contribution in [0.15, 0.2) is 28.7 Å². The van der Waals surface area contributed by atoms with Crippen LogP contribution >= 0.6 is 15.9 Å². The Morgan fingerprint density at radius 2 is 1.70 bits per heavy atom. The summed E-state index contributed by atoms with van der Waals surface area (Å²) in [7, 11) is 0. The summed E-state index contributed by atoms with van der Waals surface area (Å²) >= 11 is 3.56. The van der Waals surface area contributed by atoms with E-state index in [0.29, 0.717) is 5.92 Å². The zero-order chi connectivity index (χ0) is 13.7. The second-order valence-corrected chi connectivity index (χ2v) is 7.65. The van der Waals surface area contributed by atoms with Crippen molar-refractivity contribution in [3.05, 3.63) is 34.3 Å². The molecule has 0 radical (unpaired) electrons. The number of nitrogens with zero attached hydrogens (tertiary/aromatic N) is 2. The molecule has 3 unspecified atom stereocenters. The van der Waals surface area contributed by atoms with Gasteiger partial charge in [-0.3, -0.25) is 0 Å². The van der Waals surface area contributed by atoms with E-state index in [-0.39, 0.29) is 5.41 Å². The second kappa shape index (κ2) is 4.80. The van der Waals surface area contributed by atoms with Gasteiger partial charge in [-0.2, -0.15) is 0 Å². The Labute approximate surface area is 129 Å². The maximum Gasteiger partial charge on any atom is 0.0251 e. The Morgan fingerprint density at radius 1 is 1.10 bits per heavy atom. The summed E-state index contributed by atoms with van der Waals surface area (Å²) < 4.78 is 1.16. The minimum absolute atomic E-state index is 0.243. The fourth-order valence-corrected chi connectivity index (χ4v) is 5.12. The van der Waals surface area contributed by atoms with E-state index in [1.807, 2.05) is 0 Å². The molecule has 0 aromatic heterocycles. The van der Waals surface area contributed by atoms with Crippen molar-refractivity contribution in [3.63, 3.8) is 0 Å². The molecule has 1 aromatic carbocycles. The molecule has 108 valence electrons. The lowest BCUT2D eigenvalue weighted by atomic mass is 9.60. The quantitative estimate of drug-likeness (QED) is 0.889. The first-order valence-corrected chi connectivity index (χ1v) is 8.41. The monoisotopic (exact) mass is 335 g/mol. The van der Waals surface area contributed by atoms with Gasteiger partial charge in [0, 0.05) is 49.2 Å². The van der Waals surface area contributed by atoms with Crippen molar-refractivity contribution >= 4 is 15.9 Å². The van der Waals surface area contributed by atoms with Gasteiger partial charge in [-0.05, 0) is 36.1 Å². The van der Waals surface area contributed by atoms with E-state index >= 15 is 0 Å². The van der Waals surface area contributed by atoms with Crippen molar-refractivity contribution in [2.75, 3.05) is 45.8 Å². The molecule has 3 nitrogen and oxygen atoms in total. The number of fused-ring (bicyclic) bond motifs is 1. The minimum atomic E-state index is 0.243. The van der Waals surface area contributed by atoms with E-state index in [4.69, 9.17) is 5.73 Å². The van der Waals surface area contributed by atoms with Crippen molar-refractivity contribution in [1.82, 2.24) is 9.80 Å². The highest BCUT2D eigenvalue weighted by atomic mass is 79.9. The zero-order valence-electron chi connectivity index (χ0n) is 11.8. The van der Waals surface area contributed by atoms with Crippen LogP contribution in [0.25, 0.3) is 0 Å². The summed E-state index contributed by atoms with van der Waals surface area (Å²) in [4.78, 5) is 5.34. The van der Waals surface area contributed by atoms with Crippen LogP contribution in [0.2, 0.25) is 0 Å². The molecule has 4 aliphatic heterocycles. The van der Waals surface area contributed by atoms with E-state index in [0.717, 1.165) is 16.9 Å². The summed E-state index contributed by atoms with van der Waals surface area (Å²) in [6.07, 6.45) is 0. The zero-order valence-corrected chi connectivity index (χ0v) is 13.3. The lowest BCUT2D eigenvalue weighted by Crippen LogP contribution is -2.64. The Balaban J connectivity index is 1.81. The van der Waals surface area contributed by atoms with Crippen LogP contribution in [0, 0.1) is 11.8 Å². The Morgan fingerprint density at radius 3 is 2.25 bits per heavy atom. The first-order valence-electron chi connectivity index (χ1n) is 7.62. The molecule has 5 rings (SSSR count). The highest BCUT2D eigenvalue weighted by molar-refractivity contribution is 9.10. The van der Waals surface area contributed by atoms with Gasteiger partial charge < -0.3 is 15.5 Å². The van der Waals surface area contributed by atoms with Crippen LogP contribution in [0.5, 0.6) is 0 Å². The normalized spacial score (nSPS) is 42.7. The van der Waals surface area contributed by atoms with Gasteiger partial charge in [0.05, 0.1) is 0 Å². The SMILES string of the molecule is NCC1C2CN3CCN(C2)CC1(c1ccc(Br)cc1)C3. The highest BCUT2D eigenvalue weighted by Crippen LogP contribution is 2.46. The standard InChI is InChI=1S/C16H22BrN3/c17-14-3-1-13(2-4-14)16-10-19-5-6-20(11-16)9-12(8-19)15(16)7-18/h1-4,12,15H,5-11,18H2. The van der Waals surface area contributed by atoms with Crippen LogP contribution in [0.4, 0.5) is 0 Å². The summed E-state index contributed by atoms with van der Waals surface area (Å²) in [6, 6.07) is 8.98. The molecule has 0 aliphatic carbocycles. The molecule has 2 N–H and O–H groups in total. The van der Waals surface area contributed by atoms with Gasteiger partial charge in [0.2, 0.25) is 0 Å². The number of nitrogens with two attached hydrogens (primary N) is 1. The first-order chi connectivity index (χ1) is 9.71. The number of piperidine rings is 2. The van der Waals surface area contributed by atoms with Crippen molar-refractivity contribution in [2.45, 2.75) is 5.41 Å². The molecule has 3 atom stereocenters. The lowest BCUT2D eigenvalue weighted by molar-refractivity contribution is -0.00237. The highest BCUT2D eigenvalue weighted by Gasteiger charge is 2.54. The predicted octanol–water partition coefficient (Wildman–Crippen LogP) is 1.52. The summed E-state index contributed by atoms with van der Waals surface area (Å²) in [6.45, 7) is 8.14. The van der Waals surface area contributed by atoms with E-state index < -0.39 is 0 Å². The van der Waals surface area contributed by atoms with Gasteiger partial charge in [-0.25, -0.2) is 0 Å². The summed E-state index contributed by atoms with van der Waals surface area (Å²) in [5, 5.41) is 0. The molecule has 0 amide bonds. The van der Waals surface area contributed by atoms with Gasteiger partial charge in [0.15, 0.2) is 0 Å². The third kappa shape index (κ3) is 1.89. The van der Waals surface area contributed by atoms with Crippen LogP contribution in [0.3, 0.4) is 0 Å². The fourth-order valence-electron chi connectivity index (χ4n) is 4.86. The molecule has 4 fully saturated rings. The third-order valence-corrected chi connectivity index (χ3v) is 6.21. The average Bonchev–Trinajstić information content (AvgIpc) is 2.68. The Bertz CT molecular complexity index is 485. The summed E-state index contributed by atoms with van der Waals surface area (Å²) in [5.41, 5.74) is 7.94. The van der Waals surface area contributed by atoms with Gasteiger partial charge in [-0.15, -0.1) is 0 Å². The van der Waals surface area contributed by atoms with Gasteiger partial charge in [-0.1, -0.05) is 28.1 Å². The Hall–Kier alpha value is -0.420. The largest absolute Gasteiger partial charge is 0.330 e. The number of rotatable bonds is 2. The van der Waals surface area contributed by atoms with Crippen molar-refractivity contribution < 1.29 is 0 Å². The number of hydrogen-bond acceptors (Lipinski definition) is 3. The molecule has 20 heavy (non-hydrogen) atoms. The molecular formula is C16H22BrN3. The lowest BCUT2D eigenvalue weighted by Gasteiger charge is -2.55. The molecular weight excluding hydrogens is 314 g/mol. The topological polar surface area (TPSA) is 32.5 Å². The fraction of sp³-hybridized carbons (Fsp3) is 0.625. The van der Waals surface area contributed by atoms with Crippen molar-refractivity contribution in [2.24, 2.45) is 17.6 Å². The number of halogens is 1. The van der Waals surface area contributed by atoms with Gasteiger partial charge in [0.1, 0.15) is 0 Å². The molecule has 1 aromatic rings. The van der Waals surface area contributed by atoms with E-state index in [2.05, 4.69) is 50.0 Å². The summed E-state index contributed by atoms with van der Waals surface area (Å²) in [5.74, 6) is 1.38. The minimum Gasteiger partial charge on any atom is -0.330 e. The maximum atomic E-state index is 6.21. The molecule has 4 heteroatoms. The van der Waals surface area contributed by atoms with Crippen molar-refractivity contribution in [1.29, 1.82) is 0 Å². The van der Waals surface area contributed by atoms with E-state index in [1.54, 1.807) is 0 Å². The average molecular weight is 336 g/mol. The smallest absolute Gasteiger partial charge is 0.0251 e. The van der Waals surface area contributed by atoms with Crippen LogP contribution in [-0.2, 0) is 5.41 Å². The number of hydrogen-bond donors (Lipinski definition) is 1. The predicted molar refractivity (Wildman–Crippen MR) is 84.7 cm³/mol. The van der Waals surface area contributed by atoms with Gasteiger partial charge in [0.25, 0.3) is 0 Å². The van der Waals surface area contributed by atoms with Gasteiger partial charge >= 0.3 is 0 Å². The first kappa shape index (κ1) is 13.3. The van der Waals surface area contributed by atoms with Crippen LogP contribution in [0.1, 0.15) is 5.56 Å². The molecule has 4 heterocycles.